The van der Waals surface area contributed by atoms with Crippen LogP contribution >= 0.6 is 0 Å². The first-order valence-corrected chi connectivity index (χ1v) is 8.62. The zero-order valence-electron chi connectivity index (χ0n) is 12.7. The average molecular weight is 281 g/mol. The Morgan fingerprint density at radius 2 is 1.74 bits per heavy atom. The molecule has 0 saturated carbocycles. The van der Waals surface area contributed by atoms with Gasteiger partial charge < -0.3 is 5.73 Å². The molecule has 2 nitrogen and oxygen atoms in total. The van der Waals surface area contributed by atoms with Crippen molar-refractivity contribution in [1.82, 2.24) is 0 Å². The van der Waals surface area contributed by atoms with Crippen molar-refractivity contribution in [2.45, 2.75) is 53.0 Å². The highest BCUT2D eigenvalue weighted by atomic mass is 32.2. The van der Waals surface area contributed by atoms with Gasteiger partial charge in [-0.2, -0.15) is 0 Å². The summed E-state index contributed by atoms with van der Waals surface area (Å²) in [7, 11) is -0.799. The van der Waals surface area contributed by atoms with Gasteiger partial charge in [0.1, 0.15) is 0 Å². The van der Waals surface area contributed by atoms with E-state index in [9.17, 15) is 4.21 Å². The minimum absolute atomic E-state index is 0.108. The summed E-state index contributed by atoms with van der Waals surface area (Å²) in [6.45, 7) is 8.44. The van der Waals surface area contributed by atoms with Crippen molar-refractivity contribution >= 4 is 10.8 Å². The Bertz CT molecular complexity index is 419. The molecular formula is C16H27NOS. The molecule has 2 atom stereocenters. The molecule has 108 valence electrons. The van der Waals surface area contributed by atoms with E-state index in [0.717, 1.165) is 18.6 Å². The Morgan fingerprint density at radius 1 is 1.16 bits per heavy atom. The monoisotopic (exact) mass is 281 g/mol. The molecule has 0 aliphatic heterocycles. The van der Waals surface area contributed by atoms with Gasteiger partial charge in [-0.25, -0.2) is 0 Å². The van der Waals surface area contributed by atoms with Gasteiger partial charge in [0.05, 0.1) is 0 Å². The van der Waals surface area contributed by atoms with Gasteiger partial charge in [-0.15, -0.1) is 0 Å². The second kappa shape index (κ2) is 7.81. The number of hydrogen-bond donors (Lipinski definition) is 1. The van der Waals surface area contributed by atoms with E-state index in [1.807, 2.05) is 0 Å². The van der Waals surface area contributed by atoms with Crippen molar-refractivity contribution < 1.29 is 4.21 Å². The minimum Gasteiger partial charge on any atom is -0.323 e. The molecule has 0 aromatic heterocycles. The van der Waals surface area contributed by atoms with Crippen LogP contribution in [0.1, 0.15) is 54.5 Å². The van der Waals surface area contributed by atoms with Crippen LogP contribution in [0.3, 0.4) is 0 Å². The van der Waals surface area contributed by atoms with Crippen LogP contribution in [-0.4, -0.2) is 15.7 Å². The number of nitrogens with two attached hydrogens (primary N) is 1. The number of aryl methyl sites for hydroxylation is 3. The Balaban J connectivity index is 2.68. The lowest BCUT2D eigenvalue weighted by Gasteiger charge is -2.18. The molecule has 3 heteroatoms. The van der Waals surface area contributed by atoms with Gasteiger partial charge in [0, 0.05) is 28.3 Å². The van der Waals surface area contributed by atoms with E-state index in [1.54, 1.807) is 0 Å². The molecule has 19 heavy (non-hydrogen) atoms. The van der Waals surface area contributed by atoms with Crippen LogP contribution in [0, 0.1) is 20.8 Å². The highest BCUT2D eigenvalue weighted by Gasteiger charge is 2.15. The average Bonchev–Trinajstić information content (AvgIpc) is 2.27. The summed E-state index contributed by atoms with van der Waals surface area (Å²) in [6.07, 6.45) is 3.37. The summed E-state index contributed by atoms with van der Waals surface area (Å²) in [6, 6.07) is 4.20. The van der Waals surface area contributed by atoms with Gasteiger partial charge in [-0.05, 0) is 43.9 Å². The lowest BCUT2D eigenvalue weighted by Crippen LogP contribution is -2.21. The van der Waals surface area contributed by atoms with Crippen LogP contribution in [0.2, 0.25) is 0 Å². The zero-order valence-corrected chi connectivity index (χ0v) is 13.5. The normalized spacial score (nSPS) is 14.4. The molecule has 2 unspecified atom stereocenters. The fourth-order valence-electron chi connectivity index (χ4n) is 2.66. The van der Waals surface area contributed by atoms with Gasteiger partial charge in [0.15, 0.2) is 0 Å². The van der Waals surface area contributed by atoms with Crippen LogP contribution in [0.4, 0.5) is 0 Å². The Labute approximate surface area is 120 Å². The predicted molar refractivity (Wildman–Crippen MR) is 85.0 cm³/mol. The van der Waals surface area contributed by atoms with Gasteiger partial charge in [-0.3, -0.25) is 4.21 Å². The predicted octanol–water partition coefficient (Wildman–Crippen LogP) is 3.55. The zero-order chi connectivity index (χ0) is 14.4. The summed E-state index contributed by atoms with van der Waals surface area (Å²) in [5.41, 5.74) is 11.1. The highest BCUT2D eigenvalue weighted by molar-refractivity contribution is 7.85. The summed E-state index contributed by atoms with van der Waals surface area (Å²) >= 11 is 0. The summed E-state index contributed by atoms with van der Waals surface area (Å²) in [5.74, 6) is 1.36. The molecule has 1 aromatic carbocycles. The van der Waals surface area contributed by atoms with Crippen LogP contribution < -0.4 is 5.73 Å². The van der Waals surface area contributed by atoms with E-state index in [4.69, 9.17) is 5.73 Å². The molecule has 0 saturated heterocycles. The molecule has 0 fully saturated rings. The highest BCUT2D eigenvalue weighted by Crippen LogP contribution is 2.22. The largest absolute Gasteiger partial charge is 0.323 e. The second-order valence-electron chi connectivity index (χ2n) is 5.44. The van der Waals surface area contributed by atoms with E-state index in [-0.39, 0.29) is 6.04 Å². The first-order valence-electron chi connectivity index (χ1n) is 7.14. The smallest absolute Gasteiger partial charge is 0.0428 e. The van der Waals surface area contributed by atoms with Gasteiger partial charge in [-0.1, -0.05) is 37.5 Å². The quantitative estimate of drug-likeness (QED) is 0.777. The topological polar surface area (TPSA) is 43.1 Å². The first kappa shape index (κ1) is 16.4. The fraction of sp³-hybridized carbons (Fsp3) is 0.625. The first-order chi connectivity index (χ1) is 8.95. The summed E-state index contributed by atoms with van der Waals surface area (Å²) < 4.78 is 12.0. The molecule has 0 heterocycles. The molecule has 1 rings (SSSR count). The third-order valence-corrected chi connectivity index (χ3v) is 4.92. The van der Waals surface area contributed by atoms with E-state index < -0.39 is 10.8 Å². The van der Waals surface area contributed by atoms with E-state index >= 15 is 0 Å². The van der Waals surface area contributed by atoms with Crippen molar-refractivity contribution in [2.75, 3.05) is 11.5 Å². The molecule has 1 aromatic rings. The van der Waals surface area contributed by atoms with Crippen molar-refractivity contribution in [2.24, 2.45) is 5.73 Å². The van der Waals surface area contributed by atoms with E-state index in [1.165, 1.54) is 28.7 Å². The lowest BCUT2D eigenvalue weighted by atomic mass is 9.95. The van der Waals surface area contributed by atoms with Crippen LogP contribution in [0.25, 0.3) is 0 Å². The molecule has 2 N–H and O–H groups in total. The maximum Gasteiger partial charge on any atom is 0.0428 e. The fourth-order valence-corrected chi connectivity index (χ4v) is 3.92. The third kappa shape index (κ3) is 5.07. The van der Waals surface area contributed by atoms with Crippen LogP contribution in [-0.2, 0) is 10.8 Å². The van der Waals surface area contributed by atoms with Crippen LogP contribution in [0.5, 0.6) is 0 Å². The third-order valence-electron chi connectivity index (χ3n) is 3.45. The van der Waals surface area contributed by atoms with Crippen molar-refractivity contribution in [3.63, 3.8) is 0 Å². The number of rotatable bonds is 7. The molecule has 0 aliphatic rings. The number of hydrogen-bond acceptors (Lipinski definition) is 2. The van der Waals surface area contributed by atoms with Crippen molar-refractivity contribution in [3.8, 4) is 0 Å². The lowest BCUT2D eigenvalue weighted by molar-refractivity contribution is 0.668. The van der Waals surface area contributed by atoms with E-state index in [0.29, 0.717) is 5.75 Å². The molecular weight excluding hydrogens is 254 g/mol. The van der Waals surface area contributed by atoms with Gasteiger partial charge in [0.2, 0.25) is 0 Å². The maximum absolute atomic E-state index is 12.0. The Hall–Kier alpha value is -0.670. The Morgan fingerprint density at radius 3 is 2.26 bits per heavy atom. The van der Waals surface area contributed by atoms with Gasteiger partial charge in [0.25, 0.3) is 0 Å². The summed E-state index contributed by atoms with van der Waals surface area (Å²) in [5, 5.41) is 0. The molecule has 0 bridgehead atoms. The van der Waals surface area contributed by atoms with E-state index in [2.05, 4.69) is 39.8 Å². The standard InChI is InChI=1S/C16H27NOS/c1-5-6-7-8-19(18)11-15(17)16-13(3)9-12(2)10-14(16)4/h9-10,15H,5-8,11,17H2,1-4H3. The second-order valence-corrected chi connectivity index (χ2v) is 7.06. The van der Waals surface area contributed by atoms with Crippen molar-refractivity contribution in [3.05, 3.63) is 34.4 Å². The minimum atomic E-state index is -0.799. The maximum atomic E-state index is 12.0. The molecule has 0 spiro atoms. The number of benzene rings is 1. The van der Waals surface area contributed by atoms with Gasteiger partial charge >= 0.3 is 0 Å². The summed E-state index contributed by atoms with van der Waals surface area (Å²) in [4.78, 5) is 0. The number of unbranched alkanes of at least 4 members (excludes halogenated alkanes) is 2. The molecule has 0 aliphatic carbocycles. The van der Waals surface area contributed by atoms with Crippen LogP contribution in [0.15, 0.2) is 12.1 Å². The Kier molecular flexibility index (Phi) is 6.73. The molecule has 0 radical (unpaired) electrons. The molecule has 0 amide bonds. The van der Waals surface area contributed by atoms with Crippen molar-refractivity contribution in [1.29, 1.82) is 0 Å². The SMILES string of the molecule is CCCCCS(=O)CC(N)c1c(C)cc(C)cc1C.